The maximum atomic E-state index is 12.3. The molecule has 120 valence electrons. The van der Waals surface area contributed by atoms with Crippen LogP contribution < -0.4 is 4.72 Å². The van der Waals surface area contributed by atoms with E-state index in [4.69, 9.17) is 5.11 Å². The minimum Gasteiger partial charge on any atom is -0.481 e. The largest absolute Gasteiger partial charge is 0.481 e. The average Bonchev–Trinajstić information content (AvgIpc) is 2.54. The van der Waals surface area contributed by atoms with Crippen LogP contribution in [0.25, 0.3) is 0 Å². The zero-order chi connectivity index (χ0) is 16.3. The number of rotatable bonds is 4. The van der Waals surface area contributed by atoms with Crippen molar-refractivity contribution in [2.75, 3.05) is 20.1 Å². The Hall–Kier alpha value is -1.93. The first-order valence-corrected chi connectivity index (χ1v) is 8.39. The van der Waals surface area contributed by atoms with Crippen molar-refractivity contribution in [3.05, 3.63) is 29.8 Å². The van der Waals surface area contributed by atoms with Gasteiger partial charge in [-0.25, -0.2) is 13.1 Å². The highest BCUT2D eigenvalue weighted by Gasteiger charge is 2.27. The summed E-state index contributed by atoms with van der Waals surface area (Å²) >= 11 is 0. The molecule has 2 N–H and O–H groups in total. The second-order valence-corrected chi connectivity index (χ2v) is 7.02. The second kappa shape index (κ2) is 6.45. The van der Waals surface area contributed by atoms with E-state index in [1.54, 1.807) is 4.90 Å². The van der Waals surface area contributed by atoms with E-state index >= 15 is 0 Å². The van der Waals surface area contributed by atoms with Gasteiger partial charge < -0.3 is 10.0 Å². The van der Waals surface area contributed by atoms with Gasteiger partial charge in [-0.3, -0.25) is 9.59 Å². The molecule has 0 aromatic heterocycles. The van der Waals surface area contributed by atoms with E-state index in [1.165, 1.54) is 31.3 Å². The maximum absolute atomic E-state index is 12.3. The normalized spacial score (nSPS) is 16.5. The van der Waals surface area contributed by atoms with E-state index in [0.29, 0.717) is 31.5 Å². The third kappa shape index (κ3) is 3.45. The fourth-order valence-corrected chi connectivity index (χ4v) is 3.14. The maximum Gasteiger partial charge on any atom is 0.306 e. The lowest BCUT2D eigenvalue weighted by Crippen LogP contribution is -2.40. The number of hydrogen-bond acceptors (Lipinski definition) is 4. The van der Waals surface area contributed by atoms with Crippen LogP contribution in [-0.4, -0.2) is 50.4 Å². The van der Waals surface area contributed by atoms with Crippen LogP contribution in [0.15, 0.2) is 29.2 Å². The molecule has 1 aliphatic heterocycles. The average molecular weight is 326 g/mol. The van der Waals surface area contributed by atoms with Crippen molar-refractivity contribution in [3.63, 3.8) is 0 Å². The summed E-state index contributed by atoms with van der Waals surface area (Å²) in [6.45, 7) is 0.790. The highest BCUT2D eigenvalue weighted by atomic mass is 32.2. The summed E-state index contributed by atoms with van der Waals surface area (Å²) in [7, 11) is -2.20. The molecule has 0 aliphatic carbocycles. The number of nitrogens with zero attached hydrogens (tertiary/aromatic N) is 1. The molecular formula is C14H18N2O5S. The summed E-state index contributed by atoms with van der Waals surface area (Å²) < 4.78 is 25.4. The van der Waals surface area contributed by atoms with Crippen molar-refractivity contribution in [2.24, 2.45) is 5.92 Å². The number of carbonyl (C=O) groups excluding carboxylic acids is 1. The van der Waals surface area contributed by atoms with Crippen LogP contribution >= 0.6 is 0 Å². The quantitative estimate of drug-likeness (QED) is 0.840. The molecule has 0 bridgehead atoms. The second-order valence-electron chi connectivity index (χ2n) is 5.14. The number of amides is 1. The van der Waals surface area contributed by atoms with Gasteiger partial charge in [-0.1, -0.05) is 0 Å². The Morgan fingerprint density at radius 2 is 1.73 bits per heavy atom. The molecule has 2 rings (SSSR count). The molecule has 1 aromatic rings. The van der Waals surface area contributed by atoms with Crippen LogP contribution in [0.3, 0.4) is 0 Å². The first kappa shape index (κ1) is 16.4. The van der Waals surface area contributed by atoms with Crippen molar-refractivity contribution in [1.82, 2.24) is 9.62 Å². The van der Waals surface area contributed by atoms with Crippen LogP contribution in [0.2, 0.25) is 0 Å². The Balaban J connectivity index is 2.07. The van der Waals surface area contributed by atoms with Crippen molar-refractivity contribution < 1.29 is 23.1 Å². The zero-order valence-corrected chi connectivity index (χ0v) is 13.0. The number of aliphatic carboxylic acids is 1. The van der Waals surface area contributed by atoms with Crippen LogP contribution in [0.1, 0.15) is 23.2 Å². The van der Waals surface area contributed by atoms with E-state index in [1.807, 2.05) is 0 Å². The van der Waals surface area contributed by atoms with E-state index in [0.717, 1.165) is 0 Å². The Morgan fingerprint density at radius 3 is 2.18 bits per heavy atom. The van der Waals surface area contributed by atoms with Crippen LogP contribution in [0.4, 0.5) is 0 Å². The Kier molecular flexibility index (Phi) is 4.82. The molecule has 0 saturated carbocycles. The van der Waals surface area contributed by atoms with Gasteiger partial charge in [0.2, 0.25) is 10.0 Å². The Labute approximate surface area is 129 Å². The van der Waals surface area contributed by atoms with Crippen molar-refractivity contribution in [3.8, 4) is 0 Å². The lowest BCUT2D eigenvalue weighted by atomic mass is 9.96. The molecular weight excluding hydrogens is 308 g/mol. The SMILES string of the molecule is CNS(=O)(=O)c1ccc(C(=O)N2CCC(C(=O)O)CC2)cc1. The summed E-state index contributed by atoms with van der Waals surface area (Å²) in [5, 5.41) is 8.94. The number of hydrogen-bond donors (Lipinski definition) is 2. The molecule has 7 nitrogen and oxygen atoms in total. The van der Waals surface area contributed by atoms with Gasteiger partial charge in [0.15, 0.2) is 0 Å². The van der Waals surface area contributed by atoms with Crippen LogP contribution in [-0.2, 0) is 14.8 Å². The smallest absolute Gasteiger partial charge is 0.306 e. The molecule has 22 heavy (non-hydrogen) atoms. The molecule has 1 saturated heterocycles. The highest BCUT2D eigenvalue weighted by Crippen LogP contribution is 2.20. The van der Waals surface area contributed by atoms with Crippen LogP contribution in [0.5, 0.6) is 0 Å². The molecule has 8 heteroatoms. The molecule has 1 aromatic carbocycles. The van der Waals surface area contributed by atoms with E-state index in [9.17, 15) is 18.0 Å². The number of nitrogens with one attached hydrogen (secondary N) is 1. The standard InChI is InChI=1S/C14H18N2O5S/c1-15-22(20,21)12-4-2-10(3-5-12)13(17)16-8-6-11(7-9-16)14(18)19/h2-5,11,15H,6-9H2,1H3,(H,18,19). The van der Waals surface area contributed by atoms with Gasteiger partial charge in [0.1, 0.15) is 0 Å². The molecule has 0 spiro atoms. The van der Waals surface area contributed by atoms with Gasteiger partial charge in [0.25, 0.3) is 5.91 Å². The van der Waals surface area contributed by atoms with Gasteiger partial charge in [0.05, 0.1) is 10.8 Å². The summed E-state index contributed by atoms with van der Waals surface area (Å²) in [6.07, 6.45) is 0.876. The molecule has 0 unspecified atom stereocenters. The fourth-order valence-electron chi connectivity index (χ4n) is 2.41. The summed E-state index contributed by atoms with van der Waals surface area (Å²) in [5.41, 5.74) is 0.392. The first-order chi connectivity index (χ1) is 10.3. The van der Waals surface area contributed by atoms with E-state index < -0.39 is 21.9 Å². The summed E-state index contributed by atoms with van der Waals surface area (Å²) in [4.78, 5) is 24.9. The fraction of sp³-hybridized carbons (Fsp3) is 0.429. The molecule has 0 atom stereocenters. The molecule has 1 amide bonds. The Morgan fingerprint density at radius 1 is 1.18 bits per heavy atom. The highest BCUT2D eigenvalue weighted by molar-refractivity contribution is 7.89. The molecule has 1 fully saturated rings. The number of carboxylic acids is 1. The predicted octanol–water partition coefficient (Wildman–Crippen LogP) is 0.531. The predicted molar refractivity (Wildman–Crippen MR) is 79.0 cm³/mol. The summed E-state index contributed by atoms with van der Waals surface area (Å²) in [5.74, 6) is -1.43. The number of likely N-dealkylation sites (tertiary alicyclic amines) is 1. The number of carbonyl (C=O) groups is 2. The number of benzene rings is 1. The van der Waals surface area contributed by atoms with E-state index in [-0.39, 0.29) is 10.8 Å². The number of sulfonamides is 1. The minimum absolute atomic E-state index is 0.0936. The first-order valence-electron chi connectivity index (χ1n) is 6.91. The van der Waals surface area contributed by atoms with Crippen molar-refractivity contribution >= 4 is 21.9 Å². The van der Waals surface area contributed by atoms with Gasteiger partial charge in [0, 0.05) is 18.7 Å². The van der Waals surface area contributed by atoms with Gasteiger partial charge in [-0.05, 0) is 44.2 Å². The molecule has 1 aliphatic rings. The van der Waals surface area contributed by atoms with Gasteiger partial charge >= 0.3 is 5.97 Å². The monoisotopic (exact) mass is 326 g/mol. The van der Waals surface area contributed by atoms with Crippen molar-refractivity contribution in [1.29, 1.82) is 0 Å². The lowest BCUT2D eigenvalue weighted by Gasteiger charge is -2.30. The van der Waals surface area contributed by atoms with Gasteiger partial charge in [-0.2, -0.15) is 0 Å². The van der Waals surface area contributed by atoms with Crippen LogP contribution in [0, 0.1) is 5.92 Å². The third-order valence-corrected chi connectivity index (χ3v) is 5.24. The minimum atomic E-state index is -3.52. The topological polar surface area (TPSA) is 104 Å². The van der Waals surface area contributed by atoms with Crippen molar-refractivity contribution in [2.45, 2.75) is 17.7 Å². The third-order valence-electron chi connectivity index (χ3n) is 3.81. The zero-order valence-electron chi connectivity index (χ0n) is 12.2. The Bertz CT molecular complexity index is 661. The number of carboxylic acid groups (broad SMARTS) is 1. The lowest BCUT2D eigenvalue weighted by molar-refractivity contribution is -0.143. The van der Waals surface area contributed by atoms with E-state index in [2.05, 4.69) is 4.72 Å². The number of piperidine rings is 1. The molecule has 0 radical (unpaired) electrons. The van der Waals surface area contributed by atoms with Gasteiger partial charge in [-0.15, -0.1) is 0 Å². The molecule has 1 heterocycles. The summed E-state index contributed by atoms with van der Waals surface area (Å²) in [6, 6.07) is 5.69.